The number of hydrogen-bond donors (Lipinski definition) is 1. The molecule has 0 aliphatic rings. The van der Waals surface area contributed by atoms with Gasteiger partial charge in [-0.15, -0.1) is 10.2 Å². The van der Waals surface area contributed by atoms with Crippen molar-refractivity contribution in [3.8, 4) is 0 Å². The third-order valence-corrected chi connectivity index (χ3v) is 3.40. The Labute approximate surface area is 109 Å². The summed E-state index contributed by atoms with van der Waals surface area (Å²) in [5.74, 6) is 0.681. The molecular formula is C11H22N4O2S. The van der Waals surface area contributed by atoms with E-state index in [0.29, 0.717) is 12.2 Å². The molecule has 0 aromatic carbocycles. The van der Waals surface area contributed by atoms with Gasteiger partial charge in [-0.3, -0.25) is 4.57 Å². The van der Waals surface area contributed by atoms with E-state index in [0.717, 1.165) is 19.3 Å². The lowest BCUT2D eigenvalue weighted by molar-refractivity contribution is 0.348. The quantitative estimate of drug-likeness (QED) is 0.822. The number of sulfonamides is 1. The summed E-state index contributed by atoms with van der Waals surface area (Å²) in [7, 11) is -3.84. The molecule has 0 amide bonds. The minimum atomic E-state index is -3.84. The van der Waals surface area contributed by atoms with Crippen molar-refractivity contribution in [1.82, 2.24) is 14.8 Å². The molecule has 0 radical (unpaired) electrons. The number of unbranched alkanes of at least 4 members (excludes halogenated alkanes) is 2. The van der Waals surface area contributed by atoms with Gasteiger partial charge in [0, 0.05) is 12.0 Å². The number of aryl methyl sites for hydroxylation is 1. The molecule has 0 unspecified atom stereocenters. The molecule has 18 heavy (non-hydrogen) atoms. The molecule has 0 fully saturated rings. The summed E-state index contributed by atoms with van der Waals surface area (Å²) < 4.78 is 24.6. The van der Waals surface area contributed by atoms with Crippen LogP contribution >= 0.6 is 0 Å². The van der Waals surface area contributed by atoms with E-state index >= 15 is 0 Å². The highest BCUT2D eigenvalue weighted by molar-refractivity contribution is 7.89. The molecule has 0 bridgehead atoms. The summed E-state index contributed by atoms with van der Waals surface area (Å²) in [4.78, 5) is 0. The number of primary sulfonamides is 1. The predicted molar refractivity (Wildman–Crippen MR) is 69.6 cm³/mol. The van der Waals surface area contributed by atoms with Crippen LogP contribution in [0.3, 0.4) is 0 Å². The average Bonchev–Trinajstić information content (AvgIpc) is 2.60. The van der Waals surface area contributed by atoms with Crippen LogP contribution in [0.2, 0.25) is 0 Å². The first-order chi connectivity index (χ1) is 8.18. The highest BCUT2D eigenvalue weighted by atomic mass is 32.2. The fourth-order valence-electron chi connectivity index (χ4n) is 1.85. The second kappa shape index (κ2) is 5.36. The lowest BCUT2D eigenvalue weighted by atomic mass is 10.1. The normalized spacial score (nSPS) is 12.9. The molecule has 0 aliphatic heterocycles. The largest absolute Gasteiger partial charge is 0.295 e. The molecule has 1 aromatic rings. The first-order valence-electron chi connectivity index (χ1n) is 6.15. The number of hydrogen-bond acceptors (Lipinski definition) is 4. The first kappa shape index (κ1) is 15.1. The zero-order valence-corrected chi connectivity index (χ0v) is 12.3. The van der Waals surface area contributed by atoms with Crippen molar-refractivity contribution < 1.29 is 8.42 Å². The van der Waals surface area contributed by atoms with Crippen molar-refractivity contribution in [1.29, 1.82) is 0 Å². The van der Waals surface area contributed by atoms with Crippen LogP contribution in [0.15, 0.2) is 5.16 Å². The van der Waals surface area contributed by atoms with E-state index < -0.39 is 15.6 Å². The number of nitrogens with zero attached hydrogens (tertiary/aromatic N) is 3. The van der Waals surface area contributed by atoms with Crippen LogP contribution in [-0.4, -0.2) is 23.2 Å². The monoisotopic (exact) mass is 274 g/mol. The second-order valence-electron chi connectivity index (χ2n) is 5.41. The van der Waals surface area contributed by atoms with Gasteiger partial charge in [-0.05, 0) is 27.2 Å². The molecule has 0 saturated carbocycles. The lowest BCUT2D eigenvalue weighted by Gasteiger charge is -2.24. The van der Waals surface area contributed by atoms with Crippen LogP contribution in [0, 0.1) is 0 Å². The molecule has 7 heteroatoms. The Morgan fingerprint density at radius 2 is 1.83 bits per heavy atom. The molecule has 1 aromatic heterocycles. The van der Waals surface area contributed by atoms with Crippen molar-refractivity contribution in [3.63, 3.8) is 0 Å². The Morgan fingerprint density at radius 1 is 1.22 bits per heavy atom. The minimum Gasteiger partial charge on any atom is -0.295 e. The Hall–Kier alpha value is -0.950. The van der Waals surface area contributed by atoms with Crippen LogP contribution in [0.5, 0.6) is 0 Å². The molecule has 0 saturated heterocycles. The van der Waals surface area contributed by atoms with E-state index in [1.165, 1.54) is 0 Å². The van der Waals surface area contributed by atoms with Gasteiger partial charge in [-0.2, -0.15) is 0 Å². The molecule has 0 spiro atoms. The fraction of sp³-hybridized carbons (Fsp3) is 0.818. The van der Waals surface area contributed by atoms with Gasteiger partial charge in [0.1, 0.15) is 5.82 Å². The number of rotatable bonds is 5. The Balaban J connectivity index is 3.17. The highest BCUT2D eigenvalue weighted by Crippen LogP contribution is 2.21. The maximum atomic E-state index is 11.5. The van der Waals surface area contributed by atoms with Gasteiger partial charge in [0.25, 0.3) is 15.2 Å². The molecular weight excluding hydrogens is 252 g/mol. The van der Waals surface area contributed by atoms with Crippen LogP contribution < -0.4 is 5.14 Å². The zero-order chi connectivity index (χ0) is 14.0. The third kappa shape index (κ3) is 3.52. The van der Waals surface area contributed by atoms with E-state index in [1.807, 2.05) is 20.8 Å². The van der Waals surface area contributed by atoms with Gasteiger partial charge in [-0.1, -0.05) is 19.8 Å². The standard InChI is InChI=1S/C11H22N4O2S/c1-5-6-7-8-9-13-14-10(18(12,16)17)15(9)11(2,3)4/h5-8H2,1-4H3,(H2,12,16,17). The first-order valence-corrected chi connectivity index (χ1v) is 7.70. The average molecular weight is 274 g/mol. The lowest BCUT2D eigenvalue weighted by Crippen LogP contribution is -2.30. The maximum absolute atomic E-state index is 11.5. The minimum absolute atomic E-state index is 0.151. The number of nitrogens with two attached hydrogens (primary N) is 1. The fourth-order valence-corrected chi connectivity index (χ4v) is 2.64. The van der Waals surface area contributed by atoms with E-state index in [-0.39, 0.29) is 5.16 Å². The third-order valence-electron chi connectivity index (χ3n) is 2.63. The van der Waals surface area contributed by atoms with Crippen LogP contribution in [0.25, 0.3) is 0 Å². The van der Waals surface area contributed by atoms with E-state index in [9.17, 15) is 8.42 Å². The SMILES string of the molecule is CCCCCc1nnc(S(N)(=O)=O)n1C(C)(C)C. The van der Waals surface area contributed by atoms with Gasteiger partial charge in [0.15, 0.2) is 0 Å². The second-order valence-corrected chi connectivity index (χ2v) is 6.86. The van der Waals surface area contributed by atoms with E-state index in [1.54, 1.807) is 4.57 Å². The van der Waals surface area contributed by atoms with E-state index in [4.69, 9.17) is 5.14 Å². The Bertz CT molecular complexity index is 500. The van der Waals surface area contributed by atoms with Crippen LogP contribution in [-0.2, 0) is 22.0 Å². The van der Waals surface area contributed by atoms with Crippen molar-refractivity contribution in [2.24, 2.45) is 5.14 Å². The summed E-state index contributed by atoms with van der Waals surface area (Å²) in [6, 6.07) is 0. The van der Waals surface area contributed by atoms with Gasteiger partial charge in [-0.25, -0.2) is 13.6 Å². The van der Waals surface area contributed by atoms with Crippen molar-refractivity contribution in [3.05, 3.63) is 5.82 Å². The van der Waals surface area contributed by atoms with Crippen molar-refractivity contribution in [2.45, 2.75) is 64.1 Å². The summed E-state index contributed by atoms with van der Waals surface area (Å²) >= 11 is 0. The maximum Gasteiger partial charge on any atom is 0.273 e. The zero-order valence-electron chi connectivity index (χ0n) is 11.5. The molecule has 6 nitrogen and oxygen atoms in total. The topological polar surface area (TPSA) is 90.9 Å². The van der Waals surface area contributed by atoms with Gasteiger partial charge in [0.2, 0.25) is 0 Å². The van der Waals surface area contributed by atoms with Crippen LogP contribution in [0.1, 0.15) is 52.8 Å². The summed E-state index contributed by atoms with van der Waals surface area (Å²) in [5.41, 5.74) is -0.410. The molecule has 2 N–H and O–H groups in total. The van der Waals surface area contributed by atoms with Gasteiger partial charge >= 0.3 is 0 Å². The van der Waals surface area contributed by atoms with Crippen molar-refractivity contribution >= 4 is 10.0 Å². The highest BCUT2D eigenvalue weighted by Gasteiger charge is 2.28. The Morgan fingerprint density at radius 3 is 2.28 bits per heavy atom. The molecule has 1 rings (SSSR count). The summed E-state index contributed by atoms with van der Waals surface area (Å²) in [6.07, 6.45) is 3.87. The molecule has 1 heterocycles. The Kier molecular flexibility index (Phi) is 4.50. The molecule has 104 valence electrons. The van der Waals surface area contributed by atoms with E-state index in [2.05, 4.69) is 17.1 Å². The summed E-state index contributed by atoms with van der Waals surface area (Å²) in [6.45, 7) is 7.85. The molecule has 0 atom stereocenters. The van der Waals surface area contributed by atoms with Gasteiger partial charge in [0.05, 0.1) is 0 Å². The smallest absolute Gasteiger partial charge is 0.273 e. The summed E-state index contributed by atoms with van der Waals surface area (Å²) in [5, 5.41) is 12.7. The number of aromatic nitrogens is 3. The van der Waals surface area contributed by atoms with Gasteiger partial charge < -0.3 is 0 Å². The molecule has 0 aliphatic carbocycles. The van der Waals surface area contributed by atoms with Crippen molar-refractivity contribution in [2.75, 3.05) is 0 Å². The van der Waals surface area contributed by atoms with Crippen LogP contribution in [0.4, 0.5) is 0 Å². The predicted octanol–water partition coefficient (Wildman–Crippen LogP) is 1.41.